The van der Waals surface area contributed by atoms with E-state index in [1.54, 1.807) is 60.7 Å². The number of anilines is 1. The summed E-state index contributed by atoms with van der Waals surface area (Å²) in [5.41, 5.74) is -0.141. The summed E-state index contributed by atoms with van der Waals surface area (Å²) < 4.78 is 13.2. The maximum atomic E-state index is 13.2. The predicted octanol–water partition coefficient (Wildman–Crippen LogP) is 4.49. The molecule has 6 heteroatoms. The number of ketones is 1. The van der Waals surface area contributed by atoms with Crippen LogP contribution in [-0.4, -0.2) is 16.8 Å². The first-order valence-corrected chi connectivity index (χ1v) is 9.44. The zero-order valence-electron chi connectivity index (χ0n) is 15.3. The van der Waals surface area contributed by atoms with Gasteiger partial charge >= 0.3 is 0 Å². The molecule has 1 amide bonds. The van der Waals surface area contributed by atoms with Crippen molar-refractivity contribution in [1.82, 2.24) is 0 Å². The fourth-order valence-corrected chi connectivity index (χ4v) is 3.86. The van der Waals surface area contributed by atoms with E-state index < -0.39 is 23.7 Å². The Labute approximate surface area is 172 Å². The van der Waals surface area contributed by atoms with Crippen LogP contribution in [0.15, 0.2) is 72.8 Å². The second-order valence-electron chi connectivity index (χ2n) is 6.97. The van der Waals surface area contributed by atoms with Gasteiger partial charge in [0.25, 0.3) is 5.91 Å². The van der Waals surface area contributed by atoms with Gasteiger partial charge in [-0.1, -0.05) is 54.1 Å². The van der Waals surface area contributed by atoms with Crippen molar-refractivity contribution in [2.45, 2.75) is 18.6 Å². The number of carbonyl (C=O) groups excluding carboxylic acids is 2. The molecule has 0 bridgehead atoms. The molecule has 3 aromatic carbocycles. The lowest BCUT2D eigenvalue weighted by atomic mass is 9.88. The second-order valence-corrected chi connectivity index (χ2v) is 7.38. The van der Waals surface area contributed by atoms with E-state index in [9.17, 15) is 19.1 Å². The molecule has 1 heterocycles. The lowest BCUT2D eigenvalue weighted by Crippen LogP contribution is -2.41. The normalized spacial score (nSPS) is 18.0. The number of rotatable bonds is 5. The van der Waals surface area contributed by atoms with E-state index in [2.05, 4.69) is 0 Å². The van der Waals surface area contributed by atoms with Gasteiger partial charge < -0.3 is 10.0 Å². The molecule has 29 heavy (non-hydrogen) atoms. The number of para-hydroxylation sites is 1. The zero-order valence-corrected chi connectivity index (χ0v) is 16.1. The summed E-state index contributed by atoms with van der Waals surface area (Å²) in [6, 6.07) is 19.1. The highest BCUT2D eigenvalue weighted by atomic mass is 35.5. The fourth-order valence-electron chi connectivity index (χ4n) is 3.62. The molecule has 1 aliphatic rings. The number of nitrogens with zero attached hydrogens (tertiary/aromatic N) is 1. The molecule has 1 aliphatic heterocycles. The maximum absolute atomic E-state index is 13.2. The van der Waals surface area contributed by atoms with Crippen LogP contribution in [0.2, 0.25) is 5.02 Å². The molecule has 146 valence electrons. The molecule has 0 saturated heterocycles. The van der Waals surface area contributed by atoms with Gasteiger partial charge in [0.15, 0.2) is 11.4 Å². The number of fused-ring (bicyclic) bond motifs is 1. The van der Waals surface area contributed by atoms with E-state index in [1.165, 1.54) is 17.0 Å². The molecule has 0 unspecified atom stereocenters. The van der Waals surface area contributed by atoms with Crippen molar-refractivity contribution in [3.05, 3.63) is 100 Å². The van der Waals surface area contributed by atoms with Crippen molar-refractivity contribution < 1.29 is 19.1 Å². The van der Waals surface area contributed by atoms with Gasteiger partial charge in [0.1, 0.15) is 5.82 Å². The summed E-state index contributed by atoms with van der Waals surface area (Å²) in [4.78, 5) is 27.5. The third-order valence-electron chi connectivity index (χ3n) is 5.08. The van der Waals surface area contributed by atoms with Gasteiger partial charge in [-0.2, -0.15) is 0 Å². The van der Waals surface area contributed by atoms with Gasteiger partial charge in [0.2, 0.25) is 0 Å². The highest BCUT2D eigenvalue weighted by Crippen LogP contribution is 2.43. The minimum Gasteiger partial charge on any atom is -0.375 e. The van der Waals surface area contributed by atoms with Crippen LogP contribution in [-0.2, 0) is 16.9 Å². The molecular formula is C23H17ClFNO3. The number of amides is 1. The standard InChI is InChI=1S/C23H17ClFNO3/c24-19-7-3-1-5-17(19)21(27)13-23(29)18-6-2-4-8-20(18)26(22(23)28)14-15-9-11-16(25)12-10-15/h1-12,29H,13-14H2/t23-/m0/s1. The maximum Gasteiger partial charge on any atom is 0.264 e. The van der Waals surface area contributed by atoms with Crippen LogP contribution in [0.5, 0.6) is 0 Å². The Hall–Kier alpha value is -3.02. The Morgan fingerprint density at radius 2 is 1.66 bits per heavy atom. The van der Waals surface area contributed by atoms with Crippen molar-refractivity contribution in [1.29, 1.82) is 0 Å². The molecule has 0 aliphatic carbocycles. The summed E-state index contributed by atoms with van der Waals surface area (Å²) in [7, 11) is 0. The highest BCUT2D eigenvalue weighted by Gasteiger charge is 2.50. The molecule has 0 saturated carbocycles. The first-order chi connectivity index (χ1) is 13.9. The quantitative estimate of drug-likeness (QED) is 0.632. The Morgan fingerprint density at radius 3 is 2.38 bits per heavy atom. The van der Waals surface area contributed by atoms with Gasteiger partial charge in [-0.05, 0) is 35.9 Å². The molecule has 1 N–H and O–H groups in total. The molecule has 4 nitrogen and oxygen atoms in total. The van der Waals surface area contributed by atoms with Crippen molar-refractivity contribution in [2.24, 2.45) is 0 Å². The van der Waals surface area contributed by atoms with Crippen molar-refractivity contribution in [3.63, 3.8) is 0 Å². The Balaban J connectivity index is 1.69. The molecule has 0 fully saturated rings. The summed E-state index contributed by atoms with van der Waals surface area (Å²) in [6.45, 7) is 0.152. The topological polar surface area (TPSA) is 57.6 Å². The number of benzene rings is 3. The first kappa shape index (κ1) is 19.3. The Kier molecular flexibility index (Phi) is 4.94. The van der Waals surface area contributed by atoms with Crippen molar-refractivity contribution in [3.8, 4) is 0 Å². The van der Waals surface area contributed by atoms with Crippen LogP contribution in [0.1, 0.15) is 27.9 Å². The minimum absolute atomic E-state index is 0.152. The number of Topliss-reactive ketones (excluding diaryl/α,β-unsaturated/α-hetero) is 1. The first-order valence-electron chi connectivity index (χ1n) is 9.06. The molecule has 3 aromatic rings. The lowest BCUT2D eigenvalue weighted by Gasteiger charge is -2.23. The Bertz CT molecular complexity index is 1100. The van der Waals surface area contributed by atoms with Crippen LogP contribution in [0.25, 0.3) is 0 Å². The van der Waals surface area contributed by atoms with Crippen LogP contribution in [0, 0.1) is 5.82 Å². The number of halogens is 2. The smallest absolute Gasteiger partial charge is 0.264 e. The average Bonchev–Trinajstić information content (AvgIpc) is 2.92. The molecular weight excluding hydrogens is 393 g/mol. The predicted molar refractivity (Wildman–Crippen MR) is 108 cm³/mol. The number of hydrogen-bond acceptors (Lipinski definition) is 3. The zero-order chi connectivity index (χ0) is 20.6. The second kappa shape index (κ2) is 7.43. The average molecular weight is 410 g/mol. The van der Waals surface area contributed by atoms with E-state index in [1.807, 2.05) is 0 Å². The van der Waals surface area contributed by atoms with E-state index >= 15 is 0 Å². The summed E-state index contributed by atoms with van der Waals surface area (Å²) in [5.74, 6) is -1.39. The van der Waals surface area contributed by atoms with Gasteiger partial charge in [-0.15, -0.1) is 0 Å². The number of carbonyl (C=O) groups is 2. The van der Waals surface area contributed by atoms with Gasteiger partial charge in [0.05, 0.1) is 23.7 Å². The summed E-state index contributed by atoms with van der Waals surface area (Å²) >= 11 is 6.11. The summed E-state index contributed by atoms with van der Waals surface area (Å²) in [5, 5.41) is 11.6. The molecule has 1 atom stereocenters. The van der Waals surface area contributed by atoms with Crippen LogP contribution in [0.4, 0.5) is 10.1 Å². The minimum atomic E-state index is -1.99. The van der Waals surface area contributed by atoms with Crippen molar-refractivity contribution >= 4 is 29.0 Å². The summed E-state index contributed by atoms with van der Waals surface area (Å²) in [6.07, 6.45) is -0.424. The van der Waals surface area contributed by atoms with E-state index in [4.69, 9.17) is 11.6 Å². The van der Waals surface area contributed by atoms with Crippen LogP contribution < -0.4 is 4.90 Å². The number of hydrogen-bond donors (Lipinski definition) is 1. The highest BCUT2D eigenvalue weighted by molar-refractivity contribution is 6.34. The fraction of sp³-hybridized carbons (Fsp3) is 0.130. The third-order valence-corrected chi connectivity index (χ3v) is 5.41. The number of aliphatic hydroxyl groups is 1. The van der Waals surface area contributed by atoms with Gasteiger partial charge in [0, 0.05) is 11.1 Å². The molecule has 4 rings (SSSR count). The lowest BCUT2D eigenvalue weighted by molar-refractivity contribution is -0.136. The van der Waals surface area contributed by atoms with E-state index in [-0.39, 0.29) is 22.9 Å². The van der Waals surface area contributed by atoms with E-state index in [0.29, 0.717) is 16.8 Å². The third kappa shape index (κ3) is 3.43. The Morgan fingerprint density at radius 1 is 1.00 bits per heavy atom. The van der Waals surface area contributed by atoms with Crippen LogP contribution >= 0.6 is 11.6 Å². The molecule has 0 aromatic heterocycles. The largest absolute Gasteiger partial charge is 0.375 e. The molecule has 0 spiro atoms. The van der Waals surface area contributed by atoms with Gasteiger partial charge in [-0.25, -0.2) is 4.39 Å². The van der Waals surface area contributed by atoms with Crippen molar-refractivity contribution in [2.75, 3.05) is 4.90 Å². The SMILES string of the molecule is O=C(C[C@@]1(O)C(=O)N(Cc2ccc(F)cc2)c2ccccc21)c1ccccc1Cl. The molecule has 0 radical (unpaired) electrons. The van der Waals surface area contributed by atoms with Crippen LogP contribution in [0.3, 0.4) is 0 Å². The van der Waals surface area contributed by atoms with E-state index in [0.717, 1.165) is 0 Å². The van der Waals surface area contributed by atoms with Gasteiger partial charge in [-0.3, -0.25) is 9.59 Å². The monoisotopic (exact) mass is 409 g/mol.